The van der Waals surface area contributed by atoms with E-state index in [1.807, 2.05) is 24.3 Å². The van der Waals surface area contributed by atoms with E-state index in [-0.39, 0.29) is 5.70 Å². The maximum atomic E-state index is 12.4. The highest BCUT2D eigenvalue weighted by molar-refractivity contribution is 14.1. The standard InChI is InChI=1S/C24H19BrINO5/c1-31-21-13-15(11-18(25)22(21)32-14-17-9-5-6-10-19(17)26)12-20(24(29)30)27-23(28)16-7-3-2-4-8-16/h2-13H,14H2,1H3,(H,27,28)(H,29,30). The molecule has 0 radical (unpaired) electrons. The van der Waals surface area contributed by atoms with Crippen LogP contribution in [0.4, 0.5) is 0 Å². The molecule has 164 valence electrons. The number of ether oxygens (including phenoxy) is 2. The molecule has 0 aliphatic rings. The Morgan fingerprint density at radius 1 is 1.09 bits per heavy atom. The molecule has 0 spiro atoms. The summed E-state index contributed by atoms with van der Waals surface area (Å²) in [5, 5.41) is 12.0. The molecule has 0 fully saturated rings. The number of aliphatic carboxylic acids is 1. The van der Waals surface area contributed by atoms with Crippen LogP contribution in [0.1, 0.15) is 21.5 Å². The van der Waals surface area contributed by atoms with Crippen LogP contribution in [0.25, 0.3) is 6.08 Å². The van der Waals surface area contributed by atoms with Gasteiger partial charge in [0.05, 0.1) is 11.6 Å². The first-order valence-electron chi connectivity index (χ1n) is 9.44. The van der Waals surface area contributed by atoms with Crippen molar-refractivity contribution in [3.63, 3.8) is 0 Å². The molecule has 0 saturated carbocycles. The summed E-state index contributed by atoms with van der Waals surface area (Å²) in [5.74, 6) is -0.851. The molecule has 3 rings (SSSR count). The highest BCUT2D eigenvalue weighted by atomic mass is 127. The summed E-state index contributed by atoms with van der Waals surface area (Å²) in [4.78, 5) is 24.1. The zero-order valence-electron chi connectivity index (χ0n) is 17.0. The molecule has 0 atom stereocenters. The minimum atomic E-state index is -1.26. The predicted octanol–water partition coefficient (Wildman–Crippen LogP) is 5.50. The number of amides is 1. The molecular weight excluding hydrogens is 589 g/mol. The quantitative estimate of drug-likeness (QED) is 0.261. The third-order valence-corrected chi connectivity index (χ3v) is 6.05. The zero-order chi connectivity index (χ0) is 23.1. The first-order chi connectivity index (χ1) is 15.4. The van der Waals surface area contributed by atoms with Gasteiger partial charge in [0.15, 0.2) is 11.5 Å². The molecule has 0 aliphatic carbocycles. The van der Waals surface area contributed by atoms with Crippen LogP contribution in [-0.2, 0) is 11.4 Å². The molecule has 32 heavy (non-hydrogen) atoms. The number of carboxylic acid groups (broad SMARTS) is 1. The number of halogens is 2. The van der Waals surface area contributed by atoms with Gasteiger partial charge < -0.3 is 19.9 Å². The molecule has 0 bridgehead atoms. The molecule has 0 aromatic heterocycles. The molecule has 0 unspecified atom stereocenters. The number of carbonyl (C=O) groups is 2. The SMILES string of the molecule is COc1cc(C=C(NC(=O)c2ccccc2)C(=O)O)cc(Br)c1OCc1ccccc1I. The van der Waals surface area contributed by atoms with Crippen molar-refractivity contribution in [1.82, 2.24) is 5.32 Å². The first kappa shape index (κ1) is 23.8. The number of hydrogen-bond donors (Lipinski definition) is 2. The van der Waals surface area contributed by atoms with Crippen molar-refractivity contribution in [3.8, 4) is 11.5 Å². The van der Waals surface area contributed by atoms with Crippen LogP contribution in [0.3, 0.4) is 0 Å². The van der Waals surface area contributed by atoms with Gasteiger partial charge in [-0.3, -0.25) is 4.79 Å². The van der Waals surface area contributed by atoms with E-state index in [0.717, 1.165) is 9.13 Å². The van der Waals surface area contributed by atoms with Crippen molar-refractivity contribution < 1.29 is 24.2 Å². The molecule has 0 heterocycles. The number of carboxylic acids is 1. The smallest absolute Gasteiger partial charge is 0.352 e. The number of benzene rings is 3. The highest BCUT2D eigenvalue weighted by Gasteiger charge is 2.16. The van der Waals surface area contributed by atoms with E-state index in [1.54, 1.807) is 42.5 Å². The van der Waals surface area contributed by atoms with Gasteiger partial charge >= 0.3 is 5.97 Å². The average Bonchev–Trinajstić information content (AvgIpc) is 2.79. The van der Waals surface area contributed by atoms with Crippen LogP contribution in [0.2, 0.25) is 0 Å². The Balaban J connectivity index is 1.85. The number of hydrogen-bond acceptors (Lipinski definition) is 4. The lowest BCUT2D eigenvalue weighted by atomic mass is 10.1. The molecule has 6 nitrogen and oxygen atoms in total. The van der Waals surface area contributed by atoms with Crippen molar-refractivity contribution >= 4 is 56.5 Å². The van der Waals surface area contributed by atoms with Gasteiger partial charge in [0.1, 0.15) is 12.3 Å². The lowest BCUT2D eigenvalue weighted by molar-refractivity contribution is -0.132. The second-order valence-corrected chi connectivity index (χ2v) is 8.61. The average molecular weight is 608 g/mol. The monoisotopic (exact) mass is 607 g/mol. The van der Waals surface area contributed by atoms with Gasteiger partial charge in [-0.05, 0) is 80.5 Å². The summed E-state index contributed by atoms with van der Waals surface area (Å²) in [7, 11) is 1.50. The molecule has 0 aliphatic heterocycles. The first-order valence-corrected chi connectivity index (χ1v) is 11.3. The van der Waals surface area contributed by atoms with Crippen molar-refractivity contribution in [3.05, 3.63) is 97.2 Å². The van der Waals surface area contributed by atoms with E-state index in [9.17, 15) is 14.7 Å². The number of rotatable bonds is 8. The summed E-state index contributed by atoms with van der Waals surface area (Å²) < 4.78 is 13.1. The topological polar surface area (TPSA) is 84.9 Å². The van der Waals surface area contributed by atoms with E-state index < -0.39 is 11.9 Å². The minimum absolute atomic E-state index is 0.264. The summed E-state index contributed by atoms with van der Waals surface area (Å²) >= 11 is 5.72. The summed E-state index contributed by atoms with van der Waals surface area (Å²) in [6.07, 6.45) is 1.36. The Kier molecular flexibility index (Phi) is 8.29. The second-order valence-electron chi connectivity index (χ2n) is 6.60. The summed E-state index contributed by atoms with van der Waals surface area (Å²) in [6, 6.07) is 19.6. The normalized spacial score (nSPS) is 11.0. The lowest BCUT2D eigenvalue weighted by Gasteiger charge is -2.14. The lowest BCUT2D eigenvalue weighted by Crippen LogP contribution is -2.27. The van der Waals surface area contributed by atoms with Crippen molar-refractivity contribution in [2.45, 2.75) is 6.61 Å². The number of nitrogens with one attached hydrogen (secondary N) is 1. The van der Waals surface area contributed by atoms with Crippen LogP contribution in [0.5, 0.6) is 11.5 Å². The Morgan fingerprint density at radius 3 is 2.44 bits per heavy atom. The van der Waals surface area contributed by atoms with Gasteiger partial charge in [0, 0.05) is 14.7 Å². The largest absolute Gasteiger partial charge is 0.493 e. The van der Waals surface area contributed by atoms with E-state index in [4.69, 9.17) is 9.47 Å². The molecule has 3 aromatic rings. The fourth-order valence-corrected chi connectivity index (χ4v) is 3.95. The minimum Gasteiger partial charge on any atom is -0.493 e. The van der Waals surface area contributed by atoms with E-state index >= 15 is 0 Å². The Labute approximate surface area is 207 Å². The van der Waals surface area contributed by atoms with Crippen LogP contribution >= 0.6 is 38.5 Å². The Morgan fingerprint density at radius 2 is 1.78 bits per heavy atom. The molecule has 2 N–H and O–H groups in total. The molecule has 3 aromatic carbocycles. The van der Waals surface area contributed by atoms with Gasteiger partial charge in [0.2, 0.25) is 0 Å². The number of carbonyl (C=O) groups excluding carboxylic acids is 1. The van der Waals surface area contributed by atoms with Crippen molar-refractivity contribution in [1.29, 1.82) is 0 Å². The predicted molar refractivity (Wildman–Crippen MR) is 134 cm³/mol. The maximum absolute atomic E-state index is 12.4. The third kappa shape index (κ3) is 6.10. The molecule has 8 heteroatoms. The van der Waals surface area contributed by atoms with Gasteiger partial charge in [-0.15, -0.1) is 0 Å². The van der Waals surface area contributed by atoms with Crippen LogP contribution in [-0.4, -0.2) is 24.1 Å². The third-order valence-electron chi connectivity index (χ3n) is 4.41. The molecule has 1 amide bonds. The fourth-order valence-electron chi connectivity index (χ4n) is 2.83. The highest BCUT2D eigenvalue weighted by Crippen LogP contribution is 2.38. The van der Waals surface area contributed by atoms with E-state index in [2.05, 4.69) is 43.8 Å². The second kappa shape index (κ2) is 11.1. The van der Waals surface area contributed by atoms with Gasteiger partial charge in [-0.2, -0.15) is 0 Å². The van der Waals surface area contributed by atoms with E-state index in [0.29, 0.717) is 33.7 Å². The molecule has 0 saturated heterocycles. The summed E-state index contributed by atoms with van der Waals surface area (Å²) in [5.41, 5.74) is 1.64. The van der Waals surface area contributed by atoms with Crippen LogP contribution in [0, 0.1) is 3.57 Å². The summed E-state index contributed by atoms with van der Waals surface area (Å²) in [6.45, 7) is 0.344. The Hall–Kier alpha value is -2.85. The van der Waals surface area contributed by atoms with Gasteiger partial charge in [-0.25, -0.2) is 4.79 Å². The Bertz CT molecular complexity index is 1160. The number of methoxy groups -OCH3 is 1. The zero-order valence-corrected chi connectivity index (χ0v) is 20.7. The van der Waals surface area contributed by atoms with Gasteiger partial charge in [-0.1, -0.05) is 36.4 Å². The maximum Gasteiger partial charge on any atom is 0.352 e. The van der Waals surface area contributed by atoms with E-state index in [1.165, 1.54) is 13.2 Å². The van der Waals surface area contributed by atoms with Crippen molar-refractivity contribution in [2.24, 2.45) is 0 Å². The van der Waals surface area contributed by atoms with Crippen molar-refractivity contribution in [2.75, 3.05) is 7.11 Å². The van der Waals surface area contributed by atoms with Gasteiger partial charge in [0.25, 0.3) is 5.91 Å². The van der Waals surface area contributed by atoms with Crippen LogP contribution < -0.4 is 14.8 Å². The van der Waals surface area contributed by atoms with Crippen LogP contribution in [0.15, 0.2) is 76.9 Å². The molecular formula is C24H19BrINO5. The fraction of sp³-hybridized carbons (Fsp3) is 0.0833.